The third kappa shape index (κ3) is 3.50. The van der Waals surface area contributed by atoms with E-state index in [2.05, 4.69) is 27.3 Å². The van der Waals surface area contributed by atoms with Gasteiger partial charge >= 0.3 is 0 Å². The van der Waals surface area contributed by atoms with Gasteiger partial charge in [0.1, 0.15) is 17.4 Å². The molecule has 1 aliphatic heterocycles. The lowest BCUT2D eigenvalue weighted by Gasteiger charge is -2.30. The molecule has 1 aromatic heterocycles. The van der Waals surface area contributed by atoms with Gasteiger partial charge in [-0.05, 0) is 60.2 Å². The highest BCUT2D eigenvalue weighted by atomic mass is 19.1. The number of para-hydroxylation sites is 2. The number of aromatic amines is 1. The van der Waals surface area contributed by atoms with Crippen LogP contribution in [0, 0.1) is 11.9 Å². The van der Waals surface area contributed by atoms with Crippen molar-refractivity contribution in [1.29, 1.82) is 0 Å². The molecule has 1 radical (unpaired) electrons. The number of hydrogen-bond donors (Lipinski definition) is 3. The number of fused-ring (bicyclic) bond motifs is 1. The summed E-state index contributed by atoms with van der Waals surface area (Å²) in [4.78, 5) is 10.4. The fourth-order valence-electron chi connectivity index (χ4n) is 4.10. The quantitative estimate of drug-likeness (QED) is 0.487. The van der Waals surface area contributed by atoms with Crippen LogP contribution in [0.15, 0.2) is 60.7 Å². The second kappa shape index (κ2) is 7.80. The Morgan fingerprint density at radius 2 is 1.90 bits per heavy atom. The van der Waals surface area contributed by atoms with Crippen LogP contribution in [0.1, 0.15) is 22.9 Å². The Labute approximate surface area is 174 Å². The van der Waals surface area contributed by atoms with Gasteiger partial charge in [0.15, 0.2) is 0 Å². The van der Waals surface area contributed by atoms with Gasteiger partial charge in [-0.3, -0.25) is 0 Å². The van der Waals surface area contributed by atoms with Crippen LogP contribution in [0.5, 0.6) is 5.75 Å². The van der Waals surface area contributed by atoms with Crippen molar-refractivity contribution in [3.8, 4) is 5.75 Å². The Kier molecular flexibility index (Phi) is 4.85. The molecule has 0 spiro atoms. The number of nitrogens with one attached hydrogen (secondary N) is 2. The van der Waals surface area contributed by atoms with Gasteiger partial charge in [0.2, 0.25) is 0 Å². The zero-order valence-electron chi connectivity index (χ0n) is 16.4. The molecule has 151 valence electrons. The summed E-state index contributed by atoms with van der Waals surface area (Å²) in [6.07, 6.45) is 0. The van der Waals surface area contributed by atoms with Gasteiger partial charge in [0.25, 0.3) is 0 Å². The third-order valence-electron chi connectivity index (χ3n) is 5.59. The van der Waals surface area contributed by atoms with Crippen LogP contribution >= 0.6 is 0 Å². The number of phenols is 1. The van der Waals surface area contributed by atoms with Crippen LogP contribution in [0.3, 0.4) is 0 Å². The zero-order valence-corrected chi connectivity index (χ0v) is 16.4. The summed E-state index contributed by atoms with van der Waals surface area (Å²) < 4.78 is 14.1. The van der Waals surface area contributed by atoms with Crippen LogP contribution in [-0.2, 0) is 0 Å². The molecule has 2 heterocycles. The molecule has 5 rings (SSSR count). The summed E-state index contributed by atoms with van der Waals surface area (Å²) in [5, 5.41) is 13.9. The van der Waals surface area contributed by atoms with Crippen molar-refractivity contribution in [3.05, 3.63) is 89.5 Å². The van der Waals surface area contributed by atoms with E-state index < -0.39 is 11.7 Å². The molecule has 1 unspecified atom stereocenters. The Morgan fingerprint density at radius 3 is 2.73 bits per heavy atom. The molecule has 0 saturated carbocycles. The van der Waals surface area contributed by atoms with Crippen LogP contribution < -0.4 is 10.2 Å². The standard InChI is InChI=1S/C24H22FN4O/c25-17-8-9-22(30)19(15-17)23(24-27-20-6-1-2-7-21(20)28-24)16-4-3-5-18(14-16)29-12-10-26-11-13-29/h1-2,4-9,14-15,23,26,30H,10-13H2,(H,27,28). The van der Waals surface area contributed by atoms with Gasteiger partial charge in [0, 0.05) is 37.4 Å². The van der Waals surface area contributed by atoms with Gasteiger partial charge in [0.05, 0.1) is 17.0 Å². The molecule has 1 saturated heterocycles. The van der Waals surface area contributed by atoms with Crippen molar-refractivity contribution in [3.63, 3.8) is 0 Å². The molecular formula is C24H22FN4O. The lowest BCUT2D eigenvalue weighted by Crippen LogP contribution is -2.43. The first-order valence-corrected chi connectivity index (χ1v) is 10.1. The number of phenolic OH excluding ortho intramolecular Hbond substituents is 1. The fourth-order valence-corrected chi connectivity index (χ4v) is 4.10. The first-order valence-electron chi connectivity index (χ1n) is 10.1. The average molecular weight is 401 g/mol. The molecule has 30 heavy (non-hydrogen) atoms. The summed E-state index contributed by atoms with van der Waals surface area (Å²) in [5.41, 5.74) is 4.16. The minimum Gasteiger partial charge on any atom is -0.508 e. The van der Waals surface area contributed by atoms with E-state index in [4.69, 9.17) is 4.98 Å². The van der Waals surface area contributed by atoms with Crippen LogP contribution in [0.4, 0.5) is 10.1 Å². The zero-order chi connectivity index (χ0) is 20.5. The number of rotatable bonds is 4. The minimum absolute atomic E-state index is 0.0365. The highest BCUT2D eigenvalue weighted by Crippen LogP contribution is 2.37. The Balaban J connectivity index is 1.65. The van der Waals surface area contributed by atoms with E-state index in [-0.39, 0.29) is 5.75 Å². The number of anilines is 1. The topological polar surface area (TPSA) is 64.2 Å². The summed E-state index contributed by atoms with van der Waals surface area (Å²) >= 11 is 0. The van der Waals surface area contributed by atoms with Gasteiger partial charge in [-0.15, -0.1) is 0 Å². The Bertz CT molecular complexity index is 1150. The van der Waals surface area contributed by atoms with Gasteiger partial charge < -0.3 is 20.3 Å². The van der Waals surface area contributed by atoms with Gasteiger partial charge in [-0.25, -0.2) is 9.37 Å². The number of piperazine rings is 1. The van der Waals surface area contributed by atoms with Crippen molar-refractivity contribution < 1.29 is 9.50 Å². The first kappa shape index (κ1) is 18.6. The summed E-state index contributed by atoms with van der Waals surface area (Å²) in [7, 11) is 0. The molecule has 3 aromatic carbocycles. The van der Waals surface area contributed by atoms with E-state index in [1.165, 1.54) is 18.2 Å². The number of H-pyrrole nitrogens is 1. The average Bonchev–Trinajstić information content (AvgIpc) is 3.21. The Morgan fingerprint density at radius 1 is 1.07 bits per heavy atom. The van der Waals surface area contributed by atoms with Crippen molar-refractivity contribution in [2.24, 2.45) is 0 Å². The number of aromatic nitrogens is 2. The van der Waals surface area contributed by atoms with Gasteiger partial charge in [-0.2, -0.15) is 0 Å². The summed E-state index contributed by atoms with van der Waals surface area (Å²) in [6.45, 7) is 3.69. The molecule has 1 aliphatic rings. The Hall–Kier alpha value is -3.38. The third-order valence-corrected chi connectivity index (χ3v) is 5.59. The lowest BCUT2D eigenvalue weighted by atomic mass is 9.89. The molecular weight excluding hydrogens is 379 g/mol. The summed E-state index contributed by atoms with van der Waals surface area (Å²) in [6, 6.07) is 21.0. The van der Waals surface area contributed by atoms with Crippen molar-refractivity contribution >= 4 is 16.7 Å². The molecule has 0 amide bonds. The molecule has 1 fully saturated rings. The molecule has 0 aliphatic carbocycles. The van der Waals surface area contributed by atoms with E-state index in [0.717, 1.165) is 48.5 Å². The van der Waals surface area contributed by atoms with Crippen LogP contribution in [0.25, 0.3) is 11.0 Å². The van der Waals surface area contributed by atoms with Crippen molar-refractivity contribution in [1.82, 2.24) is 15.3 Å². The normalized spacial score (nSPS) is 15.4. The van der Waals surface area contributed by atoms with E-state index >= 15 is 0 Å². The number of nitrogens with zero attached hydrogens (tertiary/aromatic N) is 2. The number of halogens is 1. The largest absolute Gasteiger partial charge is 0.508 e. The monoisotopic (exact) mass is 401 g/mol. The molecule has 1 atom stereocenters. The predicted octanol–water partition coefficient (Wildman–Crippen LogP) is 3.80. The number of aromatic hydroxyl groups is 1. The van der Waals surface area contributed by atoms with E-state index in [1.54, 1.807) is 0 Å². The smallest absolute Gasteiger partial charge is 0.123 e. The molecule has 5 nitrogen and oxygen atoms in total. The number of benzene rings is 3. The summed E-state index contributed by atoms with van der Waals surface area (Å²) in [5.74, 6) is -0.157. The maximum Gasteiger partial charge on any atom is 0.123 e. The van der Waals surface area contributed by atoms with Crippen molar-refractivity contribution in [2.75, 3.05) is 31.1 Å². The number of imidazole rings is 1. The number of hydrogen-bond acceptors (Lipinski definition) is 4. The maximum atomic E-state index is 14.1. The second-order valence-corrected chi connectivity index (χ2v) is 7.54. The van der Waals surface area contributed by atoms with E-state index in [0.29, 0.717) is 11.4 Å². The van der Waals surface area contributed by atoms with Crippen LogP contribution in [-0.4, -0.2) is 41.3 Å². The second-order valence-electron chi connectivity index (χ2n) is 7.54. The van der Waals surface area contributed by atoms with Crippen LogP contribution in [0.2, 0.25) is 0 Å². The van der Waals surface area contributed by atoms with E-state index in [9.17, 15) is 9.50 Å². The molecule has 6 heteroatoms. The SMILES string of the molecule is Oc1ccc(F)cc1C(c1c[c]cc(N2CCNCC2)c1)c1nc2ccccc2[nH]1. The predicted molar refractivity (Wildman–Crippen MR) is 115 cm³/mol. The lowest BCUT2D eigenvalue weighted by molar-refractivity contribution is 0.463. The molecule has 0 bridgehead atoms. The highest BCUT2D eigenvalue weighted by molar-refractivity contribution is 5.75. The first-order chi connectivity index (χ1) is 14.7. The maximum absolute atomic E-state index is 14.1. The van der Waals surface area contributed by atoms with Crippen molar-refractivity contribution in [2.45, 2.75) is 5.92 Å². The van der Waals surface area contributed by atoms with Gasteiger partial charge in [-0.1, -0.05) is 12.1 Å². The minimum atomic E-state index is -0.452. The fraction of sp³-hybridized carbons (Fsp3) is 0.208. The molecule has 4 aromatic rings. The van der Waals surface area contributed by atoms with E-state index in [1.807, 2.05) is 36.4 Å². The molecule has 3 N–H and O–H groups in total. The highest BCUT2D eigenvalue weighted by Gasteiger charge is 2.25.